The van der Waals surface area contributed by atoms with Gasteiger partial charge in [0.05, 0.1) is 0 Å². The third-order valence-electron chi connectivity index (χ3n) is 4.76. The van der Waals surface area contributed by atoms with Crippen molar-refractivity contribution in [3.63, 3.8) is 0 Å². The molecule has 0 unspecified atom stereocenters. The molecule has 2 N–H and O–H groups in total. The van der Waals surface area contributed by atoms with Gasteiger partial charge in [-0.3, -0.25) is 19.7 Å². The summed E-state index contributed by atoms with van der Waals surface area (Å²) in [5.74, 6) is -0.786. The third-order valence-corrected chi connectivity index (χ3v) is 4.76. The van der Waals surface area contributed by atoms with Crippen LogP contribution in [0.2, 0.25) is 0 Å². The number of hydrogen-bond donors (Lipinski definition) is 2. The fourth-order valence-corrected chi connectivity index (χ4v) is 3.24. The molecule has 0 spiro atoms. The van der Waals surface area contributed by atoms with Crippen LogP contribution >= 0.6 is 0 Å². The van der Waals surface area contributed by atoms with Gasteiger partial charge in [-0.25, -0.2) is 9.67 Å². The molecule has 9 heteroatoms. The number of carbonyl (C=O) groups excluding carboxylic acids is 3. The second-order valence-corrected chi connectivity index (χ2v) is 7.28. The molecule has 1 fully saturated rings. The number of anilines is 1. The Morgan fingerprint density at radius 2 is 1.92 bits per heavy atom. The van der Waals surface area contributed by atoms with Crippen LogP contribution in [0.25, 0.3) is 0 Å². The summed E-state index contributed by atoms with van der Waals surface area (Å²) in [6.07, 6.45) is 5.51. The maximum atomic E-state index is 12.2. The van der Waals surface area contributed by atoms with Gasteiger partial charge in [-0.1, -0.05) is 26.7 Å². The Bertz CT molecular complexity index is 655. The van der Waals surface area contributed by atoms with Gasteiger partial charge in [0.15, 0.2) is 0 Å². The molecule has 0 aliphatic heterocycles. The molecule has 1 aromatic rings. The molecule has 26 heavy (non-hydrogen) atoms. The van der Waals surface area contributed by atoms with Crippen LogP contribution in [0.15, 0.2) is 6.33 Å². The topological polar surface area (TPSA) is 109 Å². The van der Waals surface area contributed by atoms with E-state index in [4.69, 9.17) is 0 Å². The van der Waals surface area contributed by atoms with Crippen molar-refractivity contribution in [2.24, 2.45) is 11.8 Å². The minimum Gasteiger partial charge on any atom is -0.347 e. The van der Waals surface area contributed by atoms with Crippen LogP contribution in [0, 0.1) is 11.8 Å². The maximum absolute atomic E-state index is 12.2. The Balaban J connectivity index is 1.90. The first kappa shape index (κ1) is 19.9. The maximum Gasteiger partial charge on any atom is 0.316 e. The van der Waals surface area contributed by atoms with Gasteiger partial charge < -0.3 is 10.2 Å². The standard InChI is InChI=1S/C17H28N6O3/c1-11(2)12-7-5-6-8-13(12)19-15(25)16(26)20-17-18-10-23(21-17)9-14(24)22(3)4/h10-13H,5-9H2,1-4H3,(H,19,25)(H,20,21,26)/t12-,13-/m0/s1. The lowest BCUT2D eigenvalue weighted by Crippen LogP contribution is -2.47. The number of amides is 3. The third kappa shape index (κ3) is 5.27. The van der Waals surface area contributed by atoms with E-state index in [1.54, 1.807) is 14.1 Å². The first-order chi connectivity index (χ1) is 12.3. The van der Waals surface area contributed by atoms with E-state index in [1.165, 1.54) is 15.9 Å². The van der Waals surface area contributed by atoms with Crippen LogP contribution in [0.4, 0.5) is 5.95 Å². The minimum absolute atomic E-state index is 0.000704. The second-order valence-electron chi connectivity index (χ2n) is 7.28. The fraction of sp³-hybridized carbons (Fsp3) is 0.706. The van der Waals surface area contributed by atoms with E-state index < -0.39 is 11.8 Å². The number of hydrogen-bond acceptors (Lipinski definition) is 5. The van der Waals surface area contributed by atoms with Crippen LogP contribution < -0.4 is 10.6 Å². The van der Waals surface area contributed by atoms with Gasteiger partial charge in [0.1, 0.15) is 12.9 Å². The van der Waals surface area contributed by atoms with Gasteiger partial charge in [-0.15, -0.1) is 5.10 Å². The summed E-state index contributed by atoms with van der Waals surface area (Å²) in [6.45, 7) is 4.29. The lowest BCUT2D eigenvalue weighted by atomic mass is 9.78. The van der Waals surface area contributed by atoms with Crippen molar-refractivity contribution in [1.29, 1.82) is 0 Å². The van der Waals surface area contributed by atoms with E-state index in [9.17, 15) is 14.4 Å². The molecule has 0 bridgehead atoms. The van der Waals surface area contributed by atoms with Gasteiger partial charge >= 0.3 is 11.8 Å². The molecule has 1 heterocycles. The van der Waals surface area contributed by atoms with Crippen molar-refractivity contribution in [2.45, 2.75) is 52.1 Å². The zero-order valence-electron chi connectivity index (χ0n) is 15.9. The van der Waals surface area contributed by atoms with E-state index in [2.05, 4.69) is 34.6 Å². The fourth-order valence-electron chi connectivity index (χ4n) is 3.24. The highest BCUT2D eigenvalue weighted by Gasteiger charge is 2.30. The van der Waals surface area contributed by atoms with Crippen LogP contribution in [-0.4, -0.2) is 57.5 Å². The van der Waals surface area contributed by atoms with Gasteiger partial charge in [-0.05, 0) is 24.7 Å². The Morgan fingerprint density at radius 3 is 2.58 bits per heavy atom. The van der Waals surface area contributed by atoms with Gasteiger partial charge in [-0.2, -0.15) is 0 Å². The molecule has 1 aliphatic carbocycles. The Hall–Kier alpha value is -2.45. The zero-order chi connectivity index (χ0) is 19.3. The van der Waals surface area contributed by atoms with Gasteiger partial charge in [0.25, 0.3) is 0 Å². The Kier molecular flexibility index (Phi) is 6.70. The van der Waals surface area contributed by atoms with Crippen LogP contribution in [0.5, 0.6) is 0 Å². The highest BCUT2D eigenvalue weighted by molar-refractivity contribution is 6.39. The summed E-state index contributed by atoms with van der Waals surface area (Å²) in [5, 5.41) is 9.22. The monoisotopic (exact) mass is 364 g/mol. The van der Waals surface area contributed by atoms with E-state index in [0.29, 0.717) is 11.8 Å². The summed E-state index contributed by atoms with van der Waals surface area (Å²) < 4.78 is 1.31. The molecule has 2 atom stereocenters. The lowest BCUT2D eigenvalue weighted by molar-refractivity contribution is -0.137. The van der Waals surface area contributed by atoms with Crippen LogP contribution in [-0.2, 0) is 20.9 Å². The van der Waals surface area contributed by atoms with Crippen molar-refractivity contribution in [3.8, 4) is 0 Å². The second kappa shape index (κ2) is 8.77. The highest BCUT2D eigenvalue weighted by Crippen LogP contribution is 2.30. The highest BCUT2D eigenvalue weighted by atomic mass is 16.2. The molecular weight excluding hydrogens is 336 g/mol. The summed E-state index contributed by atoms with van der Waals surface area (Å²) in [4.78, 5) is 41.3. The number of nitrogens with zero attached hydrogens (tertiary/aromatic N) is 4. The molecule has 144 valence electrons. The molecule has 3 amide bonds. The number of carbonyl (C=O) groups is 3. The molecule has 0 saturated heterocycles. The normalized spacial score (nSPS) is 19.9. The van der Waals surface area contributed by atoms with E-state index in [-0.39, 0.29) is 24.4 Å². The number of aromatic nitrogens is 3. The van der Waals surface area contributed by atoms with Gasteiger partial charge in [0.2, 0.25) is 11.9 Å². The smallest absolute Gasteiger partial charge is 0.316 e. The quantitative estimate of drug-likeness (QED) is 0.745. The summed E-state index contributed by atoms with van der Waals surface area (Å²) in [6, 6.07) is 0.0187. The van der Waals surface area contributed by atoms with Crippen molar-refractivity contribution in [3.05, 3.63) is 6.33 Å². The van der Waals surface area contributed by atoms with Crippen molar-refractivity contribution in [2.75, 3.05) is 19.4 Å². The number of rotatable bonds is 5. The summed E-state index contributed by atoms with van der Waals surface area (Å²) in [5.41, 5.74) is 0. The van der Waals surface area contributed by atoms with Crippen molar-refractivity contribution in [1.82, 2.24) is 25.0 Å². The average Bonchev–Trinajstić information content (AvgIpc) is 3.01. The van der Waals surface area contributed by atoms with Crippen molar-refractivity contribution >= 4 is 23.7 Å². The molecule has 1 saturated carbocycles. The molecule has 1 aromatic heterocycles. The van der Waals surface area contributed by atoms with Crippen molar-refractivity contribution < 1.29 is 14.4 Å². The molecule has 0 radical (unpaired) electrons. The van der Waals surface area contributed by atoms with Crippen LogP contribution in [0.3, 0.4) is 0 Å². The zero-order valence-corrected chi connectivity index (χ0v) is 15.9. The largest absolute Gasteiger partial charge is 0.347 e. The molecule has 1 aliphatic rings. The minimum atomic E-state index is -0.797. The van der Waals surface area contributed by atoms with E-state index in [0.717, 1.165) is 25.7 Å². The lowest BCUT2D eigenvalue weighted by Gasteiger charge is -2.34. The summed E-state index contributed by atoms with van der Waals surface area (Å²) in [7, 11) is 3.28. The number of nitrogens with one attached hydrogen (secondary N) is 2. The van der Waals surface area contributed by atoms with Gasteiger partial charge in [0, 0.05) is 20.1 Å². The summed E-state index contributed by atoms with van der Waals surface area (Å²) >= 11 is 0. The average molecular weight is 364 g/mol. The van der Waals surface area contributed by atoms with E-state index >= 15 is 0 Å². The SMILES string of the molecule is CC(C)[C@@H]1CCCC[C@@H]1NC(=O)C(=O)Nc1ncn(CC(=O)N(C)C)n1. The predicted octanol–water partition coefficient (Wildman–Crippen LogP) is 0.636. The predicted molar refractivity (Wildman–Crippen MR) is 96.1 cm³/mol. The Morgan fingerprint density at radius 1 is 1.23 bits per heavy atom. The molecule has 9 nitrogen and oxygen atoms in total. The molecule has 2 rings (SSSR count). The first-order valence-electron chi connectivity index (χ1n) is 8.99. The van der Waals surface area contributed by atoms with Crippen LogP contribution in [0.1, 0.15) is 39.5 Å². The molecule has 0 aromatic carbocycles. The Labute approximate surface area is 153 Å². The molecular formula is C17H28N6O3. The first-order valence-corrected chi connectivity index (χ1v) is 8.99. The number of likely N-dealkylation sites (N-methyl/N-ethyl adjacent to an activating group) is 1. The van der Waals surface area contributed by atoms with E-state index in [1.807, 2.05) is 0 Å².